The van der Waals surface area contributed by atoms with Gasteiger partial charge in [-0.2, -0.15) is 5.10 Å². The molecule has 2 aromatic carbocycles. The molecule has 0 saturated heterocycles. The zero-order valence-electron chi connectivity index (χ0n) is 17.4. The number of anilines is 1. The van der Waals surface area contributed by atoms with Crippen LogP contribution in [0.5, 0.6) is 11.5 Å². The van der Waals surface area contributed by atoms with Crippen molar-refractivity contribution in [2.45, 2.75) is 26.9 Å². The summed E-state index contributed by atoms with van der Waals surface area (Å²) in [7, 11) is 1.61. The van der Waals surface area contributed by atoms with Crippen LogP contribution in [0.2, 0.25) is 5.02 Å². The number of aromatic nitrogens is 1. The standard InChI is InChI=1S/C22H23ClN4O3S/c1-13-6-18(7-14(2)21(13)23)30-11-16-8-15(4-5-19(16)29-3)10-25-27-20(28)9-17-12-31-22(24)26-17/h4-8,10,12H,9,11H2,1-3H3,(H2,24,26)(H,27,28)/b25-10-. The molecule has 0 fully saturated rings. The molecular formula is C22H23ClN4O3S. The monoisotopic (exact) mass is 458 g/mol. The Morgan fingerprint density at radius 2 is 2.03 bits per heavy atom. The number of nitrogens with one attached hydrogen (secondary N) is 1. The first-order valence-electron chi connectivity index (χ1n) is 9.44. The Labute approximate surface area is 189 Å². The van der Waals surface area contributed by atoms with Gasteiger partial charge in [0.2, 0.25) is 5.91 Å². The molecule has 1 amide bonds. The summed E-state index contributed by atoms with van der Waals surface area (Å²) in [4.78, 5) is 16.0. The average molecular weight is 459 g/mol. The second-order valence-electron chi connectivity index (χ2n) is 6.88. The smallest absolute Gasteiger partial charge is 0.246 e. The Balaban J connectivity index is 1.64. The number of hydrogen-bond donors (Lipinski definition) is 2. The molecule has 0 bridgehead atoms. The number of aryl methyl sites for hydroxylation is 2. The summed E-state index contributed by atoms with van der Waals surface area (Å²) < 4.78 is 11.4. The fourth-order valence-corrected chi connectivity index (χ4v) is 3.60. The zero-order valence-corrected chi connectivity index (χ0v) is 19.0. The Morgan fingerprint density at radius 1 is 1.29 bits per heavy atom. The first-order valence-corrected chi connectivity index (χ1v) is 10.7. The molecule has 0 atom stereocenters. The van der Waals surface area contributed by atoms with E-state index in [4.69, 9.17) is 26.8 Å². The fraction of sp³-hybridized carbons (Fsp3) is 0.227. The summed E-state index contributed by atoms with van der Waals surface area (Å²) >= 11 is 7.52. The minimum atomic E-state index is -0.271. The number of ether oxygens (including phenoxy) is 2. The SMILES string of the molecule is COc1ccc(/C=N\NC(=O)Cc2csc(N)n2)cc1COc1cc(C)c(Cl)c(C)c1. The van der Waals surface area contributed by atoms with Gasteiger partial charge in [0, 0.05) is 16.0 Å². The van der Waals surface area contributed by atoms with Crippen molar-refractivity contribution in [3.63, 3.8) is 0 Å². The average Bonchev–Trinajstić information content (AvgIpc) is 3.14. The highest BCUT2D eigenvalue weighted by molar-refractivity contribution is 7.13. The van der Waals surface area contributed by atoms with Crippen molar-refractivity contribution in [1.29, 1.82) is 0 Å². The number of carbonyl (C=O) groups is 1. The van der Waals surface area contributed by atoms with E-state index >= 15 is 0 Å². The van der Waals surface area contributed by atoms with Crippen LogP contribution in [0.15, 0.2) is 40.8 Å². The van der Waals surface area contributed by atoms with Crippen molar-refractivity contribution in [3.8, 4) is 11.5 Å². The van der Waals surface area contributed by atoms with Crippen LogP contribution in [0.25, 0.3) is 0 Å². The summed E-state index contributed by atoms with van der Waals surface area (Å²) in [6.45, 7) is 4.19. The van der Waals surface area contributed by atoms with E-state index in [1.54, 1.807) is 18.7 Å². The molecule has 0 unspecified atom stereocenters. The molecule has 0 aliphatic carbocycles. The van der Waals surface area contributed by atoms with Crippen LogP contribution in [-0.2, 0) is 17.8 Å². The number of benzene rings is 2. The van der Waals surface area contributed by atoms with E-state index in [0.717, 1.165) is 33.0 Å². The predicted molar refractivity (Wildman–Crippen MR) is 124 cm³/mol. The number of nitrogen functional groups attached to an aromatic ring is 1. The second-order valence-corrected chi connectivity index (χ2v) is 8.15. The number of hydrogen-bond acceptors (Lipinski definition) is 7. The number of amides is 1. The van der Waals surface area contributed by atoms with Crippen LogP contribution >= 0.6 is 22.9 Å². The number of rotatable bonds is 8. The van der Waals surface area contributed by atoms with Gasteiger partial charge < -0.3 is 15.2 Å². The van der Waals surface area contributed by atoms with E-state index in [1.807, 2.05) is 44.2 Å². The molecule has 3 N–H and O–H groups in total. The van der Waals surface area contributed by atoms with Crippen molar-refractivity contribution in [3.05, 3.63) is 68.7 Å². The lowest BCUT2D eigenvalue weighted by Gasteiger charge is -2.13. The van der Waals surface area contributed by atoms with Gasteiger partial charge in [-0.1, -0.05) is 11.6 Å². The third-order valence-corrected chi connectivity index (χ3v) is 5.74. The Hall–Kier alpha value is -3.10. The molecular weight excluding hydrogens is 436 g/mol. The van der Waals surface area contributed by atoms with Crippen LogP contribution in [-0.4, -0.2) is 24.2 Å². The first kappa shape index (κ1) is 22.6. The van der Waals surface area contributed by atoms with Crippen LogP contribution in [0.4, 0.5) is 5.13 Å². The zero-order chi connectivity index (χ0) is 22.4. The van der Waals surface area contributed by atoms with E-state index in [9.17, 15) is 4.79 Å². The van der Waals surface area contributed by atoms with E-state index < -0.39 is 0 Å². The van der Waals surface area contributed by atoms with E-state index in [2.05, 4.69) is 15.5 Å². The van der Waals surface area contributed by atoms with Crippen LogP contribution < -0.4 is 20.6 Å². The van der Waals surface area contributed by atoms with E-state index in [-0.39, 0.29) is 12.3 Å². The lowest BCUT2D eigenvalue weighted by atomic mass is 10.1. The number of nitrogens with two attached hydrogens (primary N) is 1. The van der Waals surface area contributed by atoms with Gasteiger partial charge in [0.1, 0.15) is 18.1 Å². The summed E-state index contributed by atoms with van der Waals surface area (Å²) in [6, 6.07) is 9.37. The maximum absolute atomic E-state index is 12.0. The maximum atomic E-state index is 12.0. The number of hydrazone groups is 1. The fourth-order valence-electron chi connectivity index (χ4n) is 2.93. The van der Waals surface area contributed by atoms with E-state index in [1.165, 1.54) is 11.3 Å². The molecule has 9 heteroatoms. The quantitative estimate of drug-likeness (QED) is 0.388. The van der Waals surface area contributed by atoms with Crippen LogP contribution in [0.3, 0.4) is 0 Å². The molecule has 3 rings (SSSR count). The molecule has 162 valence electrons. The van der Waals surface area contributed by atoms with Crippen molar-refractivity contribution < 1.29 is 14.3 Å². The summed E-state index contributed by atoms with van der Waals surface area (Å²) in [5, 5.41) is 6.94. The van der Waals surface area contributed by atoms with Gasteiger partial charge >= 0.3 is 0 Å². The highest BCUT2D eigenvalue weighted by Gasteiger charge is 2.09. The molecule has 31 heavy (non-hydrogen) atoms. The highest BCUT2D eigenvalue weighted by Crippen LogP contribution is 2.27. The molecule has 7 nitrogen and oxygen atoms in total. The summed E-state index contributed by atoms with van der Waals surface area (Å²) in [5.74, 6) is 1.16. The van der Waals surface area contributed by atoms with Crippen LogP contribution in [0.1, 0.15) is 27.9 Å². The highest BCUT2D eigenvalue weighted by atomic mass is 35.5. The second kappa shape index (κ2) is 10.3. The summed E-state index contributed by atoms with van der Waals surface area (Å²) in [6.07, 6.45) is 1.68. The molecule has 0 radical (unpaired) electrons. The predicted octanol–water partition coefficient (Wildman–Crippen LogP) is 4.28. The van der Waals surface area contributed by atoms with Crippen LogP contribution in [0, 0.1) is 13.8 Å². The third-order valence-electron chi connectivity index (χ3n) is 4.42. The van der Waals surface area contributed by atoms with E-state index in [0.29, 0.717) is 23.2 Å². The molecule has 0 aliphatic rings. The Morgan fingerprint density at radius 3 is 2.68 bits per heavy atom. The minimum Gasteiger partial charge on any atom is -0.496 e. The number of methoxy groups -OCH3 is 1. The molecule has 0 aliphatic heterocycles. The largest absolute Gasteiger partial charge is 0.496 e. The van der Waals surface area contributed by atoms with Gasteiger partial charge in [0.15, 0.2) is 5.13 Å². The number of nitrogens with zero attached hydrogens (tertiary/aromatic N) is 2. The lowest BCUT2D eigenvalue weighted by Crippen LogP contribution is -2.20. The first-order chi connectivity index (χ1) is 14.9. The van der Waals surface area contributed by atoms with Gasteiger partial charge in [0.25, 0.3) is 0 Å². The molecule has 0 spiro atoms. The van der Waals surface area contributed by atoms with Gasteiger partial charge in [-0.05, 0) is 60.9 Å². The Bertz CT molecular complexity index is 1090. The number of halogens is 1. The van der Waals surface area contributed by atoms with Gasteiger partial charge in [0.05, 0.1) is 25.4 Å². The number of thiazole rings is 1. The minimum absolute atomic E-state index is 0.118. The summed E-state index contributed by atoms with van der Waals surface area (Å²) in [5.41, 5.74) is 12.2. The van der Waals surface area contributed by atoms with Gasteiger partial charge in [-0.3, -0.25) is 4.79 Å². The topological polar surface area (TPSA) is 98.8 Å². The lowest BCUT2D eigenvalue weighted by molar-refractivity contribution is -0.120. The third kappa shape index (κ3) is 6.19. The molecule has 3 aromatic rings. The molecule has 1 aromatic heterocycles. The van der Waals surface area contributed by atoms with Crippen molar-refractivity contribution in [2.24, 2.45) is 5.10 Å². The van der Waals surface area contributed by atoms with Crippen molar-refractivity contribution in [2.75, 3.05) is 12.8 Å². The number of carbonyl (C=O) groups excluding carboxylic acids is 1. The maximum Gasteiger partial charge on any atom is 0.246 e. The van der Waals surface area contributed by atoms with Gasteiger partial charge in [-0.25, -0.2) is 10.4 Å². The molecule has 0 saturated carbocycles. The van der Waals surface area contributed by atoms with Gasteiger partial charge in [-0.15, -0.1) is 11.3 Å². The molecule has 1 heterocycles. The van der Waals surface area contributed by atoms with Crippen molar-refractivity contribution >= 4 is 40.2 Å². The normalized spacial score (nSPS) is 11.0. The van der Waals surface area contributed by atoms with Crippen molar-refractivity contribution in [1.82, 2.24) is 10.4 Å². The Kier molecular flexibility index (Phi) is 7.49.